The van der Waals surface area contributed by atoms with Gasteiger partial charge in [-0.1, -0.05) is 62.2 Å². The molecule has 3 rings (SSSR count). The van der Waals surface area contributed by atoms with Crippen LogP contribution in [0.4, 0.5) is 0 Å². The van der Waals surface area contributed by atoms with E-state index in [1.807, 2.05) is 18.2 Å². The number of hydrogen-bond donors (Lipinski definition) is 0. The molecule has 1 atom stereocenters. The predicted molar refractivity (Wildman–Crippen MR) is 97.5 cm³/mol. The summed E-state index contributed by atoms with van der Waals surface area (Å²) in [5, 5.41) is 8.39. The molecule has 0 N–H and O–H groups in total. The predicted octanol–water partition coefficient (Wildman–Crippen LogP) is 5.07. The minimum atomic E-state index is 0.381. The van der Waals surface area contributed by atoms with Crippen LogP contribution < -0.4 is 0 Å². The smallest absolute Gasteiger partial charge is 0.247 e. The van der Waals surface area contributed by atoms with E-state index in [1.165, 1.54) is 18.4 Å². The van der Waals surface area contributed by atoms with Crippen molar-refractivity contribution < 1.29 is 9.21 Å². The molecule has 0 aliphatic heterocycles. The monoisotopic (exact) mass is 334 g/mol. The zero-order chi connectivity index (χ0) is 17.5. The van der Waals surface area contributed by atoms with Crippen LogP contribution in [-0.2, 0) is 6.42 Å². The highest BCUT2D eigenvalue weighted by Crippen LogP contribution is 2.27. The summed E-state index contributed by atoms with van der Waals surface area (Å²) < 4.78 is 5.86. The Morgan fingerprint density at radius 2 is 1.80 bits per heavy atom. The average Bonchev–Trinajstić information content (AvgIpc) is 3.14. The van der Waals surface area contributed by atoms with Crippen LogP contribution in [0, 0.1) is 0 Å². The van der Waals surface area contributed by atoms with E-state index < -0.39 is 0 Å². The first-order valence-corrected chi connectivity index (χ1v) is 8.73. The molecular weight excluding hydrogens is 312 g/mol. The van der Waals surface area contributed by atoms with Crippen LogP contribution in [0.2, 0.25) is 0 Å². The number of aldehydes is 1. The zero-order valence-electron chi connectivity index (χ0n) is 14.4. The van der Waals surface area contributed by atoms with E-state index in [4.69, 9.17) is 4.42 Å². The largest absolute Gasteiger partial charge is 0.421 e. The molecule has 2 aromatic carbocycles. The van der Waals surface area contributed by atoms with Crippen LogP contribution in [0.25, 0.3) is 11.5 Å². The third-order valence-corrected chi connectivity index (χ3v) is 4.36. The van der Waals surface area contributed by atoms with Crippen LogP contribution >= 0.6 is 0 Å². The summed E-state index contributed by atoms with van der Waals surface area (Å²) in [4.78, 5) is 10.7. The van der Waals surface area contributed by atoms with Gasteiger partial charge < -0.3 is 4.42 Å². The van der Waals surface area contributed by atoms with Gasteiger partial charge in [0.2, 0.25) is 11.8 Å². The molecule has 0 amide bonds. The van der Waals surface area contributed by atoms with Crippen molar-refractivity contribution in [1.29, 1.82) is 0 Å². The molecule has 0 spiro atoms. The highest BCUT2D eigenvalue weighted by Gasteiger charge is 2.16. The van der Waals surface area contributed by atoms with E-state index in [1.54, 1.807) is 12.1 Å². The summed E-state index contributed by atoms with van der Waals surface area (Å²) in [5.41, 5.74) is 2.77. The topological polar surface area (TPSA) is 56.0 Å². The van der Waals surface area contributed by atoms with Crippen molar-refractivity contribution in [2.75, 3.05) is 0 Å². The van der Waals surface area contributed by atoms with Gasteiger partial charge in [-0.25, -0.2) is 0 Å². The molecule has 4 heteroatoms. The van der Waals surface area contributed by atoms with Gasteiger partial charge in [-0.3, -0.25) is 4.79 Å². The molecule has 3 aromatic rings. The zero-order valence-corrected chi connectivity index (χ0v) is 14.4. The Hall–Kier alpha value is -2.75. The lowest BCUT2D eigenvalue weighted by molar-refractivity contribution is 0.112. The third-order valence-electron chi connectivity index (χ3n) is 4.36. The van der Waals surface area contributed by atoms with Gasteiger partial charge in [0, 0.05) is 17.5 Å². The van der Waals surface area contributed by atoms with E-state index >= 15 is 0 Å². The van der Waals surface area contributed by atoms with Crippen molar-refractivity contribution in [3.63, 3.8) is 0 Å². The van der Waals surface area contributed by atoms with E-state index in [0.29, 0.717) is 23.3 Å². The lowest BCUT2D eigenvalue weighted by Crippen LogP contribution is -2.03. The molecular formula is C21H22N2O2. The lowest BCUT2D eigenvalue weighted by Gasteiger charge is -2.15. The molecule has 0 saturated heterocycles. The SMILES string of the molecule is CCCCC(Cc1nnc(-c2ccc(C=O)cc2)o1)c1ccccc1. The van der Waals surface area contributed by atoms with Crippen molar-refractivity contribution in [2.24, 2.45) is 0 Å². The summed E-state index contributed by atoms with van der Waals surface area (Å²) in [7, 11) is 0. The Kier molecular flexibility index (Phi) is 5.73. The molecule has 0 saturated carbocycles. The second kappa shape index (κ2) is 8.38. The number of carbonyl (C=O) groups excluding carboxylic acids is 1. The minimum Gasteiger partial charge on any atom is -0.421 e. The first kappa shape index (κ1) is 17.1. The number of carbonyl (C=O) groups is 1. The first-order valence-electron chi connectivity index (χ1n) is 8.73. The second-order valence-corrected chi connectivity index (χ2v) is 6.19. The Bertz CT molecular complexity index is 794. The highest BCUT2D eigenvalue weighted by atomic mass is 16.4. The number of hydrogen-bond acceptors (Lipinski definition) is 4. The minimum absolute atomic E-state index is 0.381. The lowest BCUT2D eigenvalue weighted by atomic mass is 9.91. The highest BCUT2D eigenvalue weighted by molar-refractivity contribution is 5.75. The van der Waals surface area contributed by atoms with Gasteiger partial charge in [-0.15, -0.1) is 10.2 Å². The number of unbranched alkanes of at least 4 members (excludes halogenated alkanes) is 1. The summed E-state index contributed by atoms with van der Waals surface area (Å²) in [6.45, 7) is 2.20. The van der Waals surface area contributed by atoms with Gasteiger partial charge in [0.15, 0.2) is 0 Å². The van der Waals surface area contributed by atoms with Crippen LogP contribution in [0.3, 0.4) is 0 Å². The van der Waals surface area contributed by atoms with E-state index in [0.717, 1.165) is 24.7 Å². The Morgan fingerprint density at radius 1 is 1.04 bits per heavy atom. The van der Waals surface area contributed by atoms with Gasteiger partial charge in [-0.05, 0) is 30.0 Å². The number of aromatic nitrogens is 2. The Labute approximate surface area is 147 Å². The van der Waals surface area contributed by atoms with Crippen LogP contribution in [0.5, 0.6) is 0 Å². The van der Waals surface area contributed by atoms with Gasteiger partial charge in [0.25, 0.3) is 0 Å². The van der Waals surface area contributed by atoms with Crippen molar-refractivity contribution >= 4 is 6.29 Å². The van der Waals surface area contributed by atoms with Crippen LogP contribution in [0.15, 0.2) is 59.0 Å². The third kappa shape index (κ3) is 4.41. The summed E-state index contributed by atoms with van der Waals surface area (Å²) in [6, 6.07) is 17.7. The molecule has 0 bridgehead atoms. The van der Waals surface area contributed by atoms with E-state index in [2.05, 4.69) is 41.4 Å². The maximum absolute atomic E-state index is 10.7. The maximum atomic E-state index is 10.7. The second-order valence-electron chi connectivity index (χ2n) is 6.19. The quantitative estimate of drug-likeness (QED) is 0.540. The van der Waals surface area contributed by atoms with E-state index in [-0.39, 0.29) is 0 Å². The number of nitrogens with zero attached hydrogens (tertiary/aromatic N) is 2. The fourth-order valence-electron chi connectivity index (χ4n) is 2.93. The van der Waals surface area contributed by atoms with Crippen LogP contribution in [-0.4, -0.2) is 16.5 Å². The van der Waals surface area contributed by atoms with Crippen molar-refractivity contribution in [2.45, 2.75) is 38.5 Å². The number of rotatable bonds is 8. The average molecular weight is 334 g/mol. The van der Waals surface area contributed by atoms with Gasteiger partial charge in [0.1, 0.15) is 6.29 Å². The molecule has 0 aliphatic carbocycles. The summed E-state index contributed by atoms with van der Waals surface area (Å²) in [5.74, 6) is 1.53. The Morgan fingerprint density at radius 3 is 2.48 bits per heavy atom. The molecule has 128 valence electrons. The summed E-state index contributed by atoms with van der Waals surface area (Å²) in [6.07, 6.45) is 5.01. The molecule has 0 radical (unpaired) electrons. The molecule has 0 fully saturated rings. The molecule has 1 aromatic heterocycles. The van der Waals surface area contributed by atoms with Gasteiger partial charge in [0.05, 0.1) is 0 Å². The molecule has 1 heterocycles. The number of benzene rings is 2. The Balaban J connectivity index is 1.76. The summed E-state index contributed by atoms with van der Waals surface area (Å²) >= 11 is 0. The molecule has 0 aliphatic rings. The molecule has 1 unspecified atom stereocenters. The fraction of sp³-hybridized carbons (Fsp3) is 0.286. The first-order chi connectivity index (χ1) is 12.3. The standard InChI is InChI=1S/C21H22N2O2/c1-2-3-7-19(17-8-5-4-6-9-17)14-20-22-23-21(25-20)18-12-10-16(15-24)11-13-18/h4-6,8-13,15,19H,2-3,7,14H2,1H3. The fourth-order valence-corrected chi connectivity index (χ4v) is 2.93. The van der Waals surface area contributed by atoms with Crippen molar-refractivity contribution in [1.82, 2.24) is 10.2 Å². The molecule has 25 heavy (non-hydrogen) atoms. The van der Waals surface area contributed by atoms with Gasteiger partial charge in [-0.2, -0.15) is 0 Å². The normalized spacial score (nSPS) is 12.0. The van der Waals surface area contributed by atoms with Crippen LogP contribution in [0.1, 0.15) is 53.9 Å². The van der Waals surface area contributed by atoms with Crippen molar-refractivity contribution in [3.8, 4) is 11.5 Å². The van der Waals surface area contributed by atoms with E-state index in [9.17, 15) is 4.79 Å². The van der Waals surface area contributed by atoms with Gasteiger partial charge >= 0.3 is 0 Å². The maximum Gasteiger partial charge on any atom is 0.247 e. The van der Waals surface area contributed by atoms with Crippen molar-refractivity contribution in [3.05, 3.63) is 71.6 Å². The molecule has 4 nitrogen and oxygen atoms in total.